The van der Waals surface area contributed by atoms with Crippen LogP contribution in [0.4, 0.5) is 0 Å². The molecule has 2 rings (SSSR count). The summed E-state index contributed by atoms with van der Waals surface area (Å²) < 4.78 is 0. The summed E-state index contributed by atoms with van der Waals surface area (Å²) in [5.41, 5.74) is 1.32. The quantitative estimate of drug-likeness (QED) is 0.738. The predicted octanol–water partition coefficient (Wildman–Crippen LogP) is 1.56. The maximum absolute atomic E-state index is 4.01. The highest BCUT2D eigenvalue weighted by Crippen LogP contribution is 2.14. The molecule has 0 aromatic carbocycles. The van der Waals surface area contributed by atoms with Gasteiger partial charge in [0.1, 0.15) is 0 Å². The molecule has 2 N–H and O–H groups in total. The van der Waals surface area contributed by atoms with E-state index in [1.165, 1.54) is 37.9 Å². The zero-order chi connectivity index (χ0) is 11.1. The third-order valence-electron chi connectivity index (χ3n) is 3.27. The Balaban J connectivity index is 1.58. The molecule has 1 fully saturated rings. The van der Waals surface area contributed by atoms with E-state index in [2.05, 4.69) is 27.8 Å². The average Bonchev–Trinajstić information content (AvgIpc) is 2.37. The van der Waals surface area contributed by atoms with Gasteiger partial charge in [-0.25, -0.2) is 0 Å². The van der Waals surface area contributed by atoms with Crippen molar-refractivity contribution in [2.75, 3.05) is 19.6 Å². The molecule has 0 amide bonds. The fourth-order valence-corrected chi connectivity index (χ4v) is 2.21. The first-order valence-electron chi connectivity index (χ1n) is 6.25. The number of nitrogens with one attached hydrogen (secondary N) is 2. The van der Waals surface area contributed by atoms with Crippen LogP contribution in [0.15, 0.2) is 24.5 Å². The zero-order valence-corrected chi connectivity index (χ0v) is 9.78. The Bertz CT molecular complexity index is 280. The minimum Gasteiger partial charge on any atom is -0.317 e. The van der Waals surface area contributed by atoms with E-state index in [9.17, 15) is 0 Å². The van der Waals surface area contributed by atoms with Crippen LogP contribution in [-0.4, -0.2) is 24.6 Å². The van der Waals surface area contributed by atoms with E-state index in [1.807, 2.05) is 12.4 Å². The van der Waals surface area contributed by atoms with Gasteiger partial charge in [-0.05, 0) is 62.5 Å². The van der Waals surface area contributed by atoms with Crippen molar-refractivity contribution in [3.63, 3.8) is 0 Å². The van der Waals surface area contributed by atoms with Crippen molar-refractivity contribution in [2.24, 2.45) is 5.92 Å². The van der Waals surface area contributed by atoms with Crippen molar-refractivity contribution < 1.29 is 0 Å². The number of rotatable bonds is 5. The first kappa shape index (κ1) is 11.6. The number of aromatic nitrogens is 1. The molecule has 0 unspecified atom stereocenters. The van der Waals surface area contributed by atoms with E-state index in [0.717, 1.165) is 19.0 Å². The van der Waals surface area contributed by atoms with Crippen LogP contribution in [0.1, 0.15) is 24.8 Å². The zero-order valence-electron chi connectivity index (χ0n) is 9.78. The molecule has 0 bridgehead atoms. The van der Waals surface area contributed by atoms with Crippen LogP contribution in [-0.2, 0) is 6.54 Å². The van der Waals surface area contributed by atoms with Crippen molar-refractivity contribution in [3.8, 4) is 0 Å². The third kappa shape index (κ3) is 3.91. The number of hydrogen-bond acceptors (Lipinski definition) is 3. The van der Waals surface area contributed by atoms with Gasteiger partial charge in [-0.3, -0.25) is 4.98 Å². The molecule has 1 aliphatic heterocycles. The number of pyridine rings is 1. The summed E-state index contributed by atoms with van der Waals surface area (Å²) in [6, 6.07) is 4.13. The lowest BCUT2D eigenvalue weighted by atomic mass is 9.95. The molecule has 3 heteroatoms. The van der Waals surface area contributed by atoms with E-state index < -0.39 is 0 Å². The molecule has 1 aromatic heterocycles. The lowest BCUT2D eigenvalue weighted by molar-refractivity contribution is 0.348. The SMILES string of the molecule is c1cc(CNCCC2CCNCC2)ccn1. The second-order valence-electron chi connectivity index (χ2n) is 4.51. The van der Waals surface area contributed by atoms with Gasteiger partial charge in [0.05, 0.1) is 0 Å². The van der Waals surface area contributed by atoms with E-state index in [1.54, 1.807) is 0 Å². The topological polar surface area (TPSA) is 37.0 Å². The lowest BCUT2D eigenvalue weighted by Crippen LogP contribution is -2.29. The monoisotopic (exact) mass is 219 g/mol. The van der Waals surface area contributed by atoms with Crippen LogP contribution in [0.25, 0.3) is 0 Å². The molecule has 2 heterocycles. The van der Waals surface area contributed by atoms with Gasteiger partial charge in [0.15, 0.2) is 0 Å². The van der Waals surface area contributed by atoms with Crippen molar-refractivity contribution >= 4 is 0 Å². The summed E-state index contributed by atoms with van der Waals surface area (Å²) in [6.45, 7) is 4.50. The van der Waals surface area contributed by atoms with Crippen molar-refractivity contribution in [2.45, 2.75) is 25.8 Å². The summed E-state index contributed by atoms with van der Waals surface area (Å²) in [7, 11) is 0. The van der Waals surface area contributed by atoms with Crippen LogP contribution in [0, 0.1) is 5.92 Å². The first-order chi connectivity index (χ1) is 7.95. The number of hydrogen-bond donors (Lipinski definition) is 2. The molecule has 88 valence electrons. The Kier molecular flexibility index (Phi) is 4.77. The largest absolute Gasteiger partial charge is 0.317 e. The van der Waals surface area contributed by atoms with Gasteiger partial charge in [-0.1, -0.05) is 0 Å². The molecule has 0 atom stereocenters. The Labute approximate surface area is 97.7 Å². The number of piperidine rings is 1. The molecule has 1 aliphatic rings. The molecule has 1 aromatic rings. The Hall–Kier alpha value is -0.930. The van der Waals surface area contributed by atoms with Crippen LogP contribution in [0.2, 0.25) is 0 Å². The predicted molar refractivity (Wildman–Crippen MR) is 66.2 cm³/mol. The fraction of sp³-hybridized carbons (Fsp3) is 0.615. The van der Waals surface area contributed by atoms with Crippen LogP contribution >= 0.6 is 0 Å². The highest BCUT2D eigenvalue weighted by Gasteiger charge is 2.11. The minimum atomic E-state index is 0.922. The van der Waals surface area contributed by atoms with E-state index >= 15 is 0 Å². The van der Waals surface area contributed by atoms with Gasteiger partial charge in [-0.15, -0.1) is 0 Å². The summed E-state index contributed by atoms with van der Waals surface area (Å²) in [6.07, 6.45) is 7.70. The van der Waals surface area contributed by atoms with Gasteiger partial charge in [-0.2, -0.15) is 0 Å². The maximum atomic E-state index is 4.01. The minimum absolute atomic E-state index is 0.922. The average molecular weight is 219 g/mol. The van der Waals surface area contributed by atoms with Crippen LogP contribution in [0.5, 0.6) is 0 Å². The van der Waals surface area contributed by atoms with Crippen molar-refractivity contribution in [1.29, 1.82) is 0 Å². The van der Waals surface area contributed by atoms with Crippen molar-refractivity contribution in [3.05, 3.63) is 30.1 Å². The molecule has 3 nitrogen and oxygen atoms in total. The summed E-state index contributed by atoms with van der Waals surface area (Å²) in [4.78, 5) is 4.01. The number of nitrogens with zero attached hydrogens (tertiary/aromatic N) is 1. The highest BCUT2D eigenvalue weighted by molar-refractivity contribution is 5.08. The molecular formula is C13H21N3. The van der Waals surface area contributed by atoms with Gasteiger partial charge >= 0.3 is 0 Å². The third-order valence-corrected chi connectivity index (χ3v) is 3.27. The van der Waals surface area contributed by atoms with Gasteiger partial charge in [0.25, 0.3) is 0 Å². The smallest absolute Gasteiger partial charge is 0.0271 e. The fourth-order valence-electron chi connectivity index (χ4n) is 2.21. The van der Waals surface area contributed by atoms with Gasteiger partial charge < -0.3 is 10.6 Å². The Morgan fingerprint density at radius 3 is 2.75 bits per heavy atom. The molecule has 0 saturated carbocycles. The standard InChI is InChI=1S/C13H21N3/c1-6-14-7-2-12(1)3-10-16-11-13-4-8-15-9-5-13/h4-5,8-9,12,14,16H,1-3,6-7,10-11H2. The second-order valence-corrected chi connectivity index (χ2v) is 4.51. The van der Waals surface area contributed by atoms with E-state index in [4.69, 9.17) is 0 Å². The van der Waals surface area contributed by atoms with Crippen LogP contribution < -0.4 is 10.6 Å². The summed E-state index contributed by atoms with van der Waals surface area (Å²) in [5.74, 6) is 0.922. The molecule has 16 heavy (non-hydrogen) atoms. The first-order valence-corrected chi connectivity index (χ1v) is 6.25. The van der Waals surface area contributed by atoms with Gasteiger partial charge in [0.2, 0.25) is 0 Å². The van der Waals surface area contributed by atoms with Crippen LogP contribution in [0.3, 0.4) is 0 Å². The molecule has 1 saturated heterocycles. The van der Waals surface area contributed by atoms with E-state index in [-0.39, 0.29) is 0 Å². The molecule has 0 aliphatic carbocycles. The highest BCUT2D eigenvalue weighted by atomic mass is 14.9. The second kappa shape index (κ2) is 6.61. The summed E-state index contributed by atoms with van der Waals surface area (Å²) >= 11 is 0. The Morgan fingerprint density at radius 2 is 2.00 bits per heavy atom. The normalized spacial score (nSPS) is 17.5. The van der Waals surface area contributed by atoms with E-state index in [0.29, 0.717) is 0 Å². The maximum Gasteiger partial charge on any atom is 0.0271 e. The molecule has 0 spiro atoms. The Morgan fingerprint density at radius 1 is 1.25 bits per heavy atom. The van der Waals surface area contributed by atoms with Crippen molar-refractivity contribution in [1.82, 2.24) is 15.6 Å². The van der Waals surface area contributed by atoms with Gasteiger partial charge in [0, 0.05) is 18.9 Å². The lowest BCUT2D eigenvalue weighted by Gasteiger charge is -2.22. The molecular weight excluding hydrogens is 198 g/mol. The summed E-state index contributed by atoms with van der Waals surface area (Å²) in [5, 5.41) is 6.90. The molecule has 0 radical (unpaired) electrons.